The second kappa shape index (κ2) is 4.15. The van der Waals surface area contributed by atoms with Crippen molar-refractivity contribution >= 4 is 17.0 Å². The van der Waals surface area contributed by atoms with Gasteiger partial charge in [0.25, 0.3) is 5.89 Å². The van der Waals surface area contributed by atoms with Crippen molar-refractivity contribution in [3.63, 3.8) is 0 Å². The predicted octanol–water partition coefficient (Wildman–Crippen LogP) is 2.75. The van der Waals surface area contributed by atoms with Crippen LogP contribution in [0.1, 0.15) is 0 Å². The van der Waals surface area contributed by atoms with Gasteiger partial charge in [-0.15, -0.1) is 11.3 Å². The molecule has 0 fully saturated rings. The maximum absolute atomic E-state index is 9.22. The number of nitrogens with two attached hydrogens (primary N) is 1. The standard InChI is InChI=1S/C12H9N3O2S/c13-9-5-6-18-10(9)12-14-11(15-17-12)7-1-3-8(16)4-2-7/h1-6,16H,13H2. The summed E-state index contributed by atoms with van der Waals surface area (Å²) < 4.78 is 5.18. The lowest BCUT2D eigenvalue weighted by Gasteiger charge is -1.93. The maximum Gasteiger partial charge on any atom is 0.270 e. The van der Waals surface area contributed by atoms with Crippen LogP contribution in [0, 0.1) is 0 Å². The van der Waals surface area contributed by atoms with Gasteiger partial charge in [-0.05, 0) is 35.7 Å². The molecule has 0 saturated carbocycles. The highest BCUT2D eigenvalue weighted by Crippen LogP contribution is 2.31. The second-order valence-corrected chi connectivity index (χ2v) is 4.59. The van der Waals surface area contributed by atoms with Crippen molar-refractivity contribution in [1.82, 2.24) is 10.1 Å². The Bertz CT molecular complexity index is 673. The van der Waals surface area contributed by atoms with Crippen molar-refractivity contribution in [1.29, 1.82) is 0 Å². The molecule has 0 aliphatic carbocycles. The summed E-state index contributed by atoms with van der Waals surface area (Å²) in [6, 6.07) is 8.39. The molecule has 0 saturated heterocycles. The minimum Gasteiger partial charge on any atom is -0.508 e. The summed E-state index contributed by atoms with van der Waals surface area (Å²) in [5.74, 6) is 1.08. The van der Waals surface area contributed by atoms with E-state index in [2.05, 4.69) is 10.1 Å². The lowest BCUT2D eigenvalue weighted by atomic mass is 10.2. The molecule has 0 amide bonds. The van der Waals surface area contributed by atoms with Crippen LogP contribution in [0.2, 0.25) is 0 Å². The smallest absolute Gasteiger partial charge is 0.270 e. The molecule has 0 aliphatic rings. The van der Waals surface area contributed by atoms with Crippen molar-refractivity contribution in [3.05, 3.63) is 35.7 Å². The van der Waals surface area contributed by atoms with Gasteiger partial charge < -0.3 is 15.4 Å². The molecule has 3 aromatic rings. The van der Waals surface area contributed by atoms with Crippen LogP contribution < -0.4 is 5.73 Å². The molecule has 6 heteroatoms. The molecule has 90 valence electrons. The number of rotatable bonds is 2. The van der Waals surface area contributed by atoms with E-state index < -0.39 is 0 Å². The molecule has 5 nitrogen and oxygen atoms in total. The van der Waals surface area contributed by atoms with E-state index in [1.54, 1.807) is 30.3 Å². The van der Waals surface area contributed by atoms with Crippen LogP contribution in [-0.2, 0) is 0 Å². The Kier molecular flexibility index (Phi) is 2.49. The monoisotopic (exact) mass is 259 g/mol. The van der Waals surface area contributed by atoms with Crippen LogP contribution in [-0.4, -0.2) is 15.2 Å². The molecule has 2 aromatic heterocycles. The molecule has 0 aliphatic heterocycles. The number of thiophene rings is 1. The van der Waals surface area contributed by atoms with E-state index in [9.17, 15) is 5.11 Å². The number of nitrogen functional groups attached to an aromatic ring is 1. The van der Waals surface area contributed by atoms with E-state index in [1.165, 1.54) is 11.3 Å². The molecule has 0 atom stereocenters. The summed E-state index contributed by atoms with van der Waals surface area (Å²) in [4.78, 5) is 5.06. The third kappa shape index (κ3) is 1.82. The van der Waals surface area contributed by atoms with Gasteiger partial charge in [0.1, 0.15) is 10.6 Å². The highest BCUT2D eigenvalue weighted by molar-refractivity contribution is 7.14. The normalized spacial score (nSPS) is 10.7. The summed E-state index contributed by atoms with van der Waals surface area (Å²) in [7, 11) is 0. The van der Waals surface area contributed by atoms with Crippen molar-refractivity contribution < 1.29 is 9.63 Å². The first-order valence-corrected chi connectivity index (χ1v) is 6.08. The molecule has 3 N–H and O–H groups in total. The number of aromatic hydroxyl groups is 1. The summed E-state index contributed by atoms with van der Waals surface area (Å²) in [6.07, 6.45) is 0. The highest BCUT2D eigenvalue weighted by atomic mass is 32.1. The fourth-order valence-corrected chi connectivity index (χ4v) is 2.28. The second-order valence-electron chi connectivity index (χ2n) is 3.68. The quantitative estimate of drug-likeness (QED) is 0.739. The Hall–Kier alpha value is -2.34. The number of benzene rings is 1. The molecule has 1 aromatic carbocycles. The van der Waals surface area contributed by atoms with E-state index in [0.29, 0.717) is 17.4 Å². The topological polar surface area (TPSA) is 85.2 Å². The van der Waals surface area contributed by atoms with E-state index in [1.807, 2.05) is 5.38 Å². The van der Waals surface area contributed by atoms with Gasteiger partial charge in [-0.1, -0.05) is 5.16 Å². The third-order valence-electron chi connectivity index (χ3n) is 2.44. The van der Waals surface area contributed by atoms with Gasteiger partial charge in [-0.25, -0.2) is 0 Å². The van der Waals surface area contributed by atoms with Crippen LogP contribution in [0.25, 0.3) is 22.2 Å². The minimum atomic E-state index is 0.199. The molecule has 3 rings (SSSR count). The zero-order valence-electron chi connectivity index (χ0n) is 9.20. The van der Waals surface area contributed by atoms with Crippen LogP contribution in [0.4, 0.5) is 5.69 Å². The van der Waals surface area contributed by atoms with Crippen LogP contribution in [0.15, 0.2) is 40.2 Å². The fourth-order valence-electron chi connectivity index (χ4n) is 1.54. The lowest BCUT2D eigenvalue weighted by molar-refractivity contribution is 0.433. The Morgan fingerprint density at radius 3 is 2.61 bits per heavy atom. The molecule has 0 spiro atoms. The average Bonchev–Trinajstić information content (AvgIpc) is 2.98. The Morgan fingerprint density at radius 2 is 1.94 bits per heavy atom. The maximum atomic E-state index is 9.22. The van der Waals surface area contributed by atoms with E-state index >= 15 is 0 Å². The molecule has 0 unspecified atom stereocenters. The van der Waals surface area contributed by atoms with Crippen molar-refractivity contribution in [2.24, 2.45) is 0 Å². The summed E-state index contributed by atoms with van der Waals surface area (Å²) >= 11 is 1.45. The van der Waals surface area contributed by atoms with Crippen LogP contribution in [0.3, 0.4) is 0 Å². The fraction of sp³-hybridized carbons (Fsp3) is 0. The van der Waals surface area contributed by atoms with Crippen molar-refractivity contribution in [2.45, 2.75) is 0 Å². The van der Waals surface area contributed by atoms with Gasteiger partial charge in [-0.2, -0.15) is 4.98 Å². The van der Waals surface area contributed by atoms with E-state index in [4.69, 9.17) is 10.3 Å². The summed E-state index contributed by atoms with van der Waals surface area (Å²) in [6.45, 7) is 0. The van der Waals surface area contributed by atoms with Crippen LogP contribution >= 0.6 is 11.3 Å². The zero-order chi connectivity index (χ0) is 12.5. The first kappa shape index (κ1) is 10.8. The number of anilines is 1. The molecular formula is C12H9N3O2S. The molecule has 0 radical (unpaired) electrons. The third-order valence-corrected chi connectivity index (χ3v) is 3.36. The molecular weight excluding hydrogens is 250 g/mol. The minimum absolute atomic E-state index is 0.199. The molecule has 2 heterocycles. The molecule has 0 bridgehead atoms. The Labute approximate surface area is 107 Å². The van der Waals surface area contributed by atoms with E-state index in [-0.39, 0.29) is 5.75 Å². The number of hydrogen-bond acceptors (Lipinski definition) is 6. The lowest BCUT2D eigenvalue weighted by Crippen LogP contribution is -1.84. The number of nitrogens with zero attached hydrogens (tertiary/aromatic N) is 2. The Morgan fingerprint density at radius 1 is 1.17 bits per heavy atom. The first-order valence-electron chi connectivity index (χ1n) is 5.20. The van der Waals surface area contributed by atoms with Gasteiger partial charge in [0.05, 0.1) is 5.69 Å². The van der Waals surface area contributed by atoms with Crippen LogP contribution in [0.5, 0.6) is 5.75 Å². The van der Waals surface area contributed by atoms with Crippen molar-refractivity contribution in [2.75, 3.05) is 5.73 Å². The largest absolute Gasteiger partial charge is 0.508 e. The number of phenols is 1. The van der Waals surface area contributed by atoms with Gasteiger partial charge in [-0.3, -0.25) is 0 Å². The van der Waals surface area contributed by atoms with Gasteiger partial charge in [0.2, 0.25) is 5.82 Å². The zero-order valence-corrected chi connectivity index (χ0v) is 10.0. The number of aromatic nitrogens is 2. The van der Waals surface area contributed by atoms with Crippen molar-refractivity contribution in [3.8, 4) is 27.9 Å². The highest BCUT2D eigenvalue weighted by Gasteiger charge is 2.13. The molecule has 18 heavy (non-hydrogen) atoms. The average molecular weight is 259 g/mol. The SMILES string of the molecule is Nc1ccsc1-c1nc(-c2ccc(O)cc2)no1. The first-order chi connectivity index (χ1) is 8.74. The number of hydrogen-bond donors (Lipinski definition) is 2. The summed E-state index contributed by atoms with van der Waals surface area (Å²) in [5.41, 5.74) is 7.19. The van der Waals surface area contributed by atoms with Gasteiger partial charge in [0, 0.05) is 5.56 Å². The van der Waals surface area contributed by atoms with Gasteiger partial charge in [0.15, 0.2) is 0 Å². The summed E-state index contributed by atoms with van der Waals surface area (Å²) in [5, 5.41) is 15.0. The predicted molar refractivity (Wildman–Crippen MR) is 69.1 cm³/mol. The van der Waals surface area contributed by atoms with Gasteiger partial charge >= 0.3 is 0 Å². The Balaban J connectivity index is 1.99. The number of phenolic OH excluding ortho intramolecular Hbond substituents is 1. The van der Waals surface area contributed by atoms with E-state index in [0.717, 1.165) is 10.4 Å².